The molecule has 0 aliphatic carbocycles. The number of aromatic nitrogens is 2. The van der Waals surface area contributed by atoms with Gasteiger partial charge < -0.3 is 10.3 Å². The first-order chi connectivity index (χ1) is 13.9. The number of rotatable bonds is 3. The molecule has 3 heterocycles. The number of fused-ring (bicyclic) bond motifs is 2. The van der Waals surface area contributed by atoms with Crippen molar-refractivity contribution in [3.8, 4) is 0 Å². The summed E-state index contributed by atoms with van der Waals surface area (Å²) in [5.74, 6) is -0.125. The first kappa shape index (κ1) is 18.1. The van der Waals surface area contributed by atoms with Gasteiger partial charge in [-0.2, -0.15) is 4.31 Å². The van der Waals surface area contributed by atoms with Gasteiger partial charge in [0.15, 0.2) is 0 Å². The van der Waals surface area contributed by atoms with Crippen LogP contribution in [0.25, 0.3) is 11.0 Å². The minimum absolute atomic E-state index is 0.0491. The monoisotopic (exact) mass is 412 g/mol. The zero-order valence-corrected chi connectivity index (χ0v) is 16.4. The Kier molecular flexibility index (Phi) is 4.11. The number of H-pyrrole nitrogens is 1. The van der Waals surface area contributed by atoms with E-state index in [1.165, 1.54) is 10.4 Å². The third-order valence-electron chi connectivity index (χ3n) is 5.75. The average molecular weight is 412 g/mol. The summed E-state index contributed by atoms with van der Waals surface area (Å²) in [7, 11) is -3.65. The lowest BCUT2D eigenvalue weighted by Gasteiger charge is -2.31. The van der Waals surface area contributed by atoms with Crippen LogP contribution in [0.1, 0.15) is 24.4 Å². The van der Waals surface area contributed by atoms with E-state index >= 15 is 0 Å². The zero-order chi connectivity index (χ0) is 20.2. The van der Waals surface area contributed by atoms with Crippen molar-refractivity contribution >= 4 is 32.7 Å². The summed E-state index contributed by atoms with van der Waals surface area (Å²) in [6, 6.07) is 12.2. The summed E-state index contributed by atoms with van der Waals surface area (Å²) in [6.45, 7) is 0.681. The van der Waals surface area contributed by atoms with Gasteiger partial charge in [-0.25, -0.2) is 13.2 Å². The molecule has 2 aliphatic rings. The van der Waals surface area contributed by atoms with Crippen LogP contribution in [0.15, 0.2) is 52.2 Å². The van der Waals surface area contributed by atoms with E-state index in [0.29, 0.717) is 37.2 Å². The van der Waals surface area contributed by atoms with Gasteiger partial charge in [0.1, 0.15) is 0 Å². The number of nitrogens with zero attached hydrogens (tertiary/aromatic N) is 2. The van der Waals surface area contributed by atoms with Crippen molar-refractivity contribution < 1.29 is 13.2 Å². The van der Waals surface area contributed by atoms with Crippen LogP contribution in [-0.2, 0) is 21.2 Å². The predicted molar refractivity (Wildman–Crippen MR) is 108 cm³/mol. The molecule has 150 valence electrons. The van der Waals surface area contributed by atoms with Crippen molar-refractivity contribution in [1.29, 1.82) is 0 Å². The summed E-state index contributed by atoms with van der Waals surface area (Å²) >= 11 is 0. The van der Waals surface area contributed by atoms with E-state index in [9.17, 15) is 18.0 Å². The lowest BCUT2D eigenvalue weighted by molar-refractivity contribution is -0.115. The highest BCUT2D eigenvalue weighted by atomic mass is 32.2. The molecule has 9 heteroatoms. The third-order valence-corrected chi connectivity index (χ3v) is 7.65. The summed E-state index contributed by atoms with van der Waals surface area (Å²) in [4.78, 5) is 27.0. The van der Waals surface area contributed by atoms with Crippen LogP contribution in [0.2, 0.25) is 0 Å². The summed E-state index contributed by atoms with van der Waals surface area (Å²) < 4.78 is 29.4. The number of sulfonamides is 1. The smallest absolute Gasteiger partial charge is 0.326 e. The van der Waals surface area contributed by atoms with Gasteiger partial charge in [0, 0.05) is 24.8 Å². The van der Waals surface area contributed by atoms with Gasteiger partial charge >= 0.3 is 5.69 Å². The molecule has 1 saturated heterocycles. The standard InChI is InChI=1S/C20H20N4O4S/c25-19-12-13-11-15(5-6-16(13)21-19)29(27,28)23-9-7-14(8-10-23)24-18-4-2-1-3-17(18)22-20(24)26/h1-6,11,14H,7-10,12H2,(H,21,25)(H,22,26). The molecule has 8 nitrogen and oxygen atoms in total. The Morgan fingerprint density at radius 3 is 2.55 bits per heavy atom. The number of hydrogen-bond acceptors (Lipinski definition) is 4. The fraction of sp³-hybridized carbons (Fsp3) is 0.300. The number of para-hydroxylation sites is 2. The fourth-order valence-electron chi connectivity index (χ4n) is 4.29. The van der Waals surface area contributed by atoms with E-state index in [4.69, 9.17) is 0 Å². The molecule has 2 N–H and O–H groups in total. The Morgan fingerprint density at radius 1 is 1.00 bits per heavy atom. The summed E-state index contributed by atoms with van der Waals surface area (Å²) in [6.07, 6.45) is 1.32. The van der Waals surface area contributed by atoms with Crippen LogP contribution < -0.4 is 11.0 Å². The molecule has 29 heavy (non-hydrogen) atoms. The highest BCUT2D eigenvalue weighted by Crippen LogP contribution is 2.31. The quantitative estimate of drug-likeness (QED) is 0.685. The van der Waals surface area contributed by atoms with Crippen LogP contribution in [-0.4, -0.2) is 41.3 Å². The maximum Gasteiger partial charge on any atom is 0.326 e. The van der Waals surface area contributed by atoms with Crippen molar-refractivity contribution in [3.63, 3.8) is 0 Å². The minimum Gasteiger partial charge on any atom is -0.326 e. The Hall–Kier alpha value is -2.91. The summed E-state index contributed by atoms with van der Waals surface area (Å²) in [5, 5.41) is 2.71. The van der Waals surface area contributed by atoms with Crippen LogP contribution in [0.4, 0.5) is 5.69 Å². The number of amides is 1. The topological polar surface area (TPSA) is 104 Å². The van der Waals surface area contributed by atoms with E-state index in [1.54, 1.807) is 16.7 Å². The number of imidazole rings is 1. The Morgan fingerprint density at radius 2 is 1.76 bits per heavy atom. The highest BCUT2D eigenvalue weighted by Gasteiger charge is 2.32. The second kappa shape index (κ2) is 6.57. The molecule has 0 saturated carbocycles. The molecule has 1 amide bonds. The average Bonchev–Trinajstić information content (AvgIpc) is 3.25. The number of carbonyl (C=O) groups excluding carboxylic acids is 1. The van der Waals surface area contributed by atoms with Gasteiger partial charge in [-0.3, -0.25) is 9.36 Å². The largest absolute Gasteiger partial charge is 0.326 e. The Labute approximate surface area is 167 Å². The molecule has 0 atom stereocenters. The molecule has 0 unspecified atom stereocenters. The van der Waals surface area contributed by atoms with E-state index in [0.717, 1.165) is 11.0 Å². The van der Waals surface area contributed by atoms with Gasteiger partial charge in [-0.05, 0) is 48.7 Å². The van der Waals surface area contributed by atoms with Crippen LogP contribution >= 0.6 is 0 Å². The maximum atomic E-state index is 13.1. The lowest BCUT2D eigenvalue weighted by atomic mass is 10.1. The number of piperidine rings is 1. The molecular formula is C20H20N4O4S. The number of benzene rings is 2. The van der Waals surface area contributed by atoms with E-state index in [1.807, 2.05) is 24.3 Å². The third kappa shape index (κ3) is 2.97. The second-order valence-electron chi connectivity index (χ2n) is 7.50. The van der Waals surface area contributed by atoms with Gasteiger partial charge in [0.2, 0.25) is 15.9 Å². The predicted octanol–water partition coefficient (Wildman–Crippen LogP) is 1.85. The molecule has 2 aromatic carbocycles. The fourth-order valence-corrected chi connectivity index (χ4v) is 5.81. The second-order valence-corrected chi connectivity index (χ2v) is 9.43. The van der Waals surface area contributed by atoms with Crippen molar-refractivity contribution in [3.05, 3.63) is 58.5 Å². The number of nitrogens with one attached hydrogen (secondary N) is 2. The van der Waals surface area contributed by atoms with Crippen molar-refractivity contribution in [2.45, 2.75) is 30.2 Å². The first-order valence-electron chi connectivity index (χ1n) is 9.56. The van der Waals surface area contributed by atoms with E-state index in [-0.39, 0.29) is 29.0 Å². The van der Waals surface area contributed by atoms with E-state index in [2.05, 4.69) is 10.3 Å². The Bertz CT molecular complexity index is 1280. The van der Waals surface area contributed by atoms with Crippen molar-refractivity contribution in [2.24, 2.45) is 0 Å². The normalized spacial score (nSPS) is 18.1. The van der Waals surface area contributed by atoms with E-state index < -0.39 is 10.0 Å². The van der Waals surface area contributed by atoms with Crippen LogP contribution in [0.5, 0.6) is 0 Å². The van der Waals surface area contributed by atoms with Gasteiger partial charge in [0.05, 0.1) is 22.3 Å². The summed E-state index contributed by atoms with van der Waals surface area (Å²) in [5.41, 5.74) is 2.84. The number of anilines is 1. The molecule has 0 spiro atoms. The van der Waals surface area contributed by atoms with Crippen molar-refractivity contribution in [2.75, 3.05) is 18.4 Å². The van der Waals surface area contributed by atoms with Gasteiger partial charge in [-0.1, -0.05) is 12.1 Å². The van der Waals surface area contributed by atoms with Crippen molar-refractivity contribution in [1.82, 2.24) is 13.9 Å². The maximum absolute atomic E-state index is 13.1. The van der Waals surface area contributed by atoms with Gasteiger partial charge in [0.25, 0.3) is 0 Å². The molecule has 1 fully saturated rings. The van der Waals surface area contributed by atoms with Crippen LogP contribution in [0, 0.1) is 0 Å². The lowest BCUT2D eigenvalue weighted by Crippen LogP contribution is -2.40. The minimum atomic E-state index is -3.65. The van der Waals surface area contributed by atoms with Gasteiger partial charge in [-0.15, -0.1) is 0 Å². The first-order valence-corrected chi connectivity index (χ1v) is 11.0. The molecule has 2 aliphatic heterocycles. The Balaban J connectivity index is 1.38. The molecule has 0 bridgehead atoms. The number of carbonyl (C=O) groups is 1. The molecule has 5 rings (SSSR count). The zero-order valence-electron chi connectivity index (χ0n) is 15.6. The number of hydrogen-bond donors (Lipinski definition) is 2. The SMILES string of the molecule is O=C1Cc2cc(S(=O)(=O)N3CCC(n4c(=O)[nH]c5ccccc54)CC3)ccc2N1. The highest BCUT2D eigenvalue weighted by molar-refractivity contribution is 7.89. The van der Waals surface area contributed by atoms with Crippen LogP contribution in [0.3, 0.4) is 0 Å². The molecule has 1 aromatic heterocycles. The molecule has 3 aromatic rings. The number of aromatic amines is 1. The molecular weight excluding hydrogens is 392 g/mol. The molecule has 0 radical (unpaired) electrons.